The van der Waals surface area contributed by atoms with Crippen molar-refractivity contribution in [3.63, 3.8) is 0 Å². The highest BCUT2D eigenvalue weighted by molar-refractivity contribution is 9.10. The number of aryl methyl sites for hydroxylation is 1. The Morgan fingerprint density at radius 2 is 2.00 bits per heavy atom. The van der Waals surface area contributed by atoms with Gasteiger partial charge in [0.25, 0.3) is 5.91 Å². The monoisotopic (exact) mass is 389 g/mol. The third-order valence-corrected chi connectivity index (χ3v) is 4.88. The lowest BCUT2D eigenvalue weighted by Gasteiger charge is -2.16. The molecule has 1 heterocycles. The number of primary amides is 1. The van der Waals surface area contributed by atoms with Crippen LogP contribution in [0, 0.1) is 13.8 Å². The Bertz CT molecular complexity index is 809. The Hall–Kier alpha value is -2.08. The molecule has 2 amide bonds. The molecule has 0 aliphatic heterocycles. The van der Waals surface area contributed by atoms with Crippen molar-refractivity contribution in [2.45, 2.75) is 38.8 Å². The third-order valence-electron chi connectivity index (χ3n) is 4.38. The minimum atomic E-state index is -0.862. The second kappa shape index (κ2) is 6.43. The quantitative estimate of drug-likeness (QED) is 0.823. The molecule has 5 nitrogen and oxygen atoms in total. The molecule has 1 unspecified atom stereocenters. The molecule has 6 heteroatoms. The summed E-state index contributed by atoms with van der Waals surface area (Å²) in [6, 6.07) is 8.73. The number of nitrogens with one attached hydrogen (secondary N) is 1. The summed E-state index contributed by atoms with van der Waals surface area (Å²) in [5.41, 5.74) is 8.76. The molecule has 0 saturated heterocycles. The van der Waals surface area contributed by atoms with Crippen LogP contribution in [0.15, 0.2) is 34.8 Å². The zero-order valence-electron chi connectivity index (χ0n) is 13.7. The molecule has 1 aromatic carbocycles. The molecule has 3 rings (SSSR count). The van der Waals surface area contributed by atoms with E-state index in [0.717, 1.165) is 28.7 Å². The highest BCUT2D eigenvalue weighted by Gasteiger charge is 2.29. The average Bonchev–Trinajstić information content (AvgIpc) is 3.30. The van der Waals surface area contributed by atoms with Crippen LogP contribution < -0.4 is 11.1 Å². The summed E-state index contributed by atoms with van der Waals surface area (Å²) in [5.74, 6) is -0.865. The number of nitrogens with two attached hydrogens (primary N) is 1. The van der Waals surface area contributed by atoms with Gasteiger partial charge in [0.1, 0.15) is 6.04 Å². The van der Waals surface area contributed by atoms with Gasteiger partial charge in [0.05, 0.1) is 5.56 Å². The van der Waals surface area contributed by atoms with E-state index >= 15 is 0 Å². The summed E-state index contributed by atoms with van der Waals surface area (Å²) in [5, 5.41) is 2.77. The van der Waals surface area contributed by atoms with Crippen LogP contribution in [0.5, 0.6) is 0 Å². The van der Waals surface area contributed by atoms with Crippen molar-refractivity contribution in [3.05, 3.63) is 57.3 Å². The van der Waals surface area contributed by atoms with E-state index in [-0.39, 0.29) is 5.91 Å². The standard InChI is InChI=1S/C18H20BrN3O2/c1-10-8-15(11(2)22(10)14-6-7-14)18(24)21-16(17(20)23)12-4-3-5-13(19)9-12/h3-5,8-9,14,16H,6-7H2,1-2H3,(H2,20,23)(H,21,24). The number of amides is 2. The zero-order valence-corrected chi connectivity index (χ0v) is 15.3. The molecular formula is C18H20BrN3O2. The number of nitrogens with zero attached hydrogens (tertiary/aromatic N) is 1. The molecule has 0 bridgehead atoms. The van der Waals surface area contributed by atoms with Crippen LogP contribution >= 0.6 is 15.9 Å². The summed E-state index contributed by atoms with van der Waals surface area (Å²) in [7, 11) is 0. The summed E-state index contributed by atoms with van der Waals surface area (Å²) in [6.45, 7) is 3.95. The van der Waals surface area contributed by atoms with Crippen LogP contribution in [0.3, 0.4) is 0 Å². The molecule has 1 saturated carbocycles. The summed E-state index contributed by atoms with van der Waals surface area (Å²) >= 11 is 3.37. The van der Waals surface area contributed by atoms with Crippen molar-refractivity contribution >= 4 is 27.7 Å². The Labute approximate surface area is 149 Å². The van der Waals surface area contributed by atoms with E-state index in [1.165, 1.54) is 0 Å². The van der Waals surface area contributed by atoms with Gasteiger partial charge in [-0.1, -0.05) is 28.1 Å². The van der Waals surface area contributed by atoms with E-state index < -0.39 is 11.9 Å². The Morgan fingerprint density at radius 1 is 1.29 bits per heavy atom. The first-order valence-corrected chi connectivity index (χ1v) is 8.72. The van der Waals surface area contributed by atoms with Gasteiger partial charge in [-0.25, -0.2) is 0 Å². The molecule has 1 atom stereocenters. The number of hydrogen-bond acceptors (Lipinski definition) is 2. The first-order valence-electron chi connectivity index (χ1n) is 7.92. The van der Waals surface area contributed by atoms with E-state index in [0.29, 0.717) is 17.2 Å². The second-order valence-corrected chi connectivity index (χ2v) is 7.17. The maximum Gasteiger partial charge on any atom is 0.254 e. The summed E-state index contributed by atoms with van der Waals surface area (Å²) in [6.07, 6.45) is 2.30. The SMILES string of the molecule is Cc1cc(C(=O)NC(C(N)=O)c2cccc(Br)c2)c(C)n1C1CC1. The number of aromatic nitrogens is 1. The van der Waals surface area contributed by atoms with Crippen molar-refractivity contribution in [1.82, 2.24) is 9.88 Å². The number of rotatable bonds is 5. The first-order chi connectivity index (χ1) is 11.4. The molecule has 24 heavy (non-hydrogen) atoms. The van der Waals surface area contributed by atoms with Gasteiger partial charge in [0.15, 0.2) is 0 Å². The van der Waals surface area contributed by atoms with Gasteiger partial charge >= 0.3 is 0 Å². The van der Waals surface area contributed by atoms with Gasteiger partial charge in [-0.15, -0.1) is 0 Å². The van der Waals surface area contributed by atoms with Crippen LogP contribution in [0.4, 0.5) is 0 Å². The van der Waals surface area contributed by atoms with E-state index in [2.05, 4.69) is 25.8 Å². The second-order valence-electron chi connectivity index (χ2n) is 6.25. The van der Waals surface area contributed by atoms with E-state index in [9.17, 15) is 9.59 Å². The fourth-order valence-corrected chi connectivity index (χ4v) is 3.53. The largest absolute Gasteiger partial charge is 0.368 e. The van der Waals surface area contributed by atoms with Crippen molar-refractivity contribution in [2.75, 3.05) is 0 Å². The fraction of sp³-hybridized carbons (Fsp3) is 0.333. The molecule has 126 valence electrons. The van der Waals surface area contributed by atoms with Gasteiger partial charge < -0.3 is 15.6 Å². The zero-order chi connectivity index (χ0) is 17.4. The van der Waals surface area contributed by atoms with Gasteiger partial charge in [0, 0.05) is 21.9 Å². The first kappa shape index (κ1) is 16.8. The lowest BCUT2D eigenvalue weighted by molar-refractivity contribution is -0.120. The van der Waals surface area contributed by atoms with Crippen LogP contribution in [-0.2, 0) is 4.79 Å². The predicted octanol–water partition coefficient (Wildman–Crippen LogP) is 3.16. The lowest BCUT2D eigenvalue weighted by atomic mass is 10.1. The minimum Gasteiger partial charge on any atom is -0.368 e. The number of benzene rings is 1. The van der Waals surface area contributed by atoms with Crippen molar-refractivity contribution in [2.24, 2.45) is 5.73 Å². The highest BCUT2D eigenvalue weighted by Crippen LogP contribution is 2.38. The number of carbonyl (C=O) groups is 2. The Balaban J connectivity index is 1.87. The number of hydrogen-bond donors (Lipinski definition) is 2. The van der Waals surface area contributed by atoms with E-state index in [4.69, 9.17) is 5.73 Å². The van der Waals surface area contributed by atoms with Crippen LogP contribution in [0.2, 0.25) is 0 Å². The van der Waals surface area contributed by atoms with Crippen LogP contribution in [0.1, 0.15) is 52.2 Å². The van der Waals surface area contributed by atoms with Gasteiger partial charge in [0.2, 0.25) is 5.91 Å². The molecule has 1 aliphatic carbocycles. The minimum absolute atomic E-state index is 0.279. The molecule has 1 fully saturated rings. The molecule has 0 spiro atoms. The molecule has 3 N–H and O–H groups in total. The van der Waals surface area contributed by atoms with Crippen molar-refractivity contribution < 1.29 is 9.59 Å². The van der Waals surface area contributed by atoms with E-state index in [1.54, 1.807) is 18.2 Å². The molecular weight excluding hydrogens is 370 g/mol. The van der Waals surface area contributed by atoms with E-state index in [1.807, 2.05) is 26.0 Å². The Morgan fingerprint density at radius 3 is 2.58 bits per heavy atom. The number of halogens is 1. The molecule has 1 aromatic heterocycles. The van der Waals surface area contributed by atoms with Crippen molar-refractivity contribution in [1.29, 1.82) is 0 Å². The molecule has 1 aliphatic rings. The van der Waals surface area contributed by atoms with Crippen LogP contribution in [-0.4, -0.2) is 16.4 Å². The highest BCUT2D eigenvalue weighted by atomic mass is 79.9. The molecule has 2 aromatic rings. The van der Waals surface area contributed by atoms with Gasteiger partial charge in [-0.3, -0.25) is 9.59 Å². The maximum absolute atomic E-state index is 12.7. The third kappa shape index (κ3) is 3.24. The topological polar surface area (TPSA) is 77.1 Å². The lowest BCUT2D eigenvalue weighted by Crippen LogP contribution is -2.37. The predicted molar refractivity (Wildman–Crippen MR) is 95.7 cm³/mol. The fourth-order valence-electron chi connectivity index (χ4n) is 3.12. The summed E-state index contributed by atoms with van der Waals surface area (Å²) < 4.78 is 3.03. The summed E-state index contributed by atoms with van der Waals surface area (Å²) in [4.78, 5) is 24.5. The van der Waals surface area contributed by atoms with Gasteiger partial charge in [-0.2, -0.15) is 0 Å². The average molecular weight is 390 g/mol. The smallest absolute Gasteiger partial charge is 0.254 e. The normalized spacial score (nSPS) is 15.1. The Kier molecular flexibility index (Phi) is 4.49. The van der Waals surface area contributed by atoms with Crippen LogP contribution in [0.25, 0.3) is 0 Å². The van der Waals surface area contributed by atoms with Crippen molar-refractivity contribution in [3.8, 4) is 0 Å². The maximum atomic E-state index is 12.7. The number of carbonyl (C=O) groups excluding carboxylic acids is 2. The van der Waals surface area contributed by atoms with Gasteiger partial charge in [-0.05, 0) is 50.5 Å². The molecule has 0 radical (unpaired) electrons.